The average molecular weight is 258 g/mol. The highest BCUT2D eigenvalue weighted by atomic mass is 15.2. The molecule has 1 aromatic rings. The van der Waals surface area contributed by atoms with Crippen molar-refractivity contribution in [3.05, 3.63) is 30.1 Å². The summed E-state index contributed by atoms with van der Waals surface area (Å²) in [6, 6.07) is 6.63. The molecule has 1 aliphatic rings. The van der Waals surface area contributed by atoms with Crippen molar-refractivity contribution in [2.45, 2.75) is 44.8 Å². The molecule has 1 aliphatic heterocycles. The molecule has 0 bridgehead atoms. The quantitative estimate of drug-likeness (QED) is 0.900. The number of nitriles is 1. The molecule has 1 saturated heterocycles. The summed E-state index contributed by atoms with van der Waals surface area (Å²) in [7, 11) is 0. The van der Waals surface area contributed by atoms with Crippen LogP contribution in [0.25, 0.3) is 0 Å². The number of rotatable bonds is 3. The van der Waals surface area contributed by atoms with E-state index >= 15 is 0 Å². The first-order valence-electron chi connectivity index (χ1n) is 6.86. The molecule has 0 aromatic carbocycles. The Bertz CT molecular complexity index is 435. The molecule has 19 heavy (non-hydrogen) atoms. The normalized spacial score (nSPS) is 23.5. The van der Waals surface area contributed by atoms with Crippen LogP contribution < -0.4 is 5.32 Å². The second kappa shape index (κ2) is 6.14. The fourth-order valence-electron chi connectivity index (χ4n) is 2.56. The van der Waals surface area contributed by atoms with Crippen molar-refractivity contribution in [3.8, 4) is 6.07 Å². The van der Waals surface area contributed by atoms with Gasteiger partial charge in [0.05, 0.1) is 12.5 Å². The molecule has 1 aromatic heterocycles. The van der Waals surface area contributed by atoms with Crippen LogP contribution in [0, 0.1) is 11.3 Å². The molecule has 1 fully saturated rings. The van der Waals surface area contributed by atoms with Crippen molar-refractivity contribution in [2.75, 3.05) is 13.1 Å². The maximum absolute atomic E-state index is 8.90. The lowest BCUT2D eigenvalue weighted by molar-refractivity contribution is 0.111. The van der Waals surface area contributed by atoms with Crippen LogP contribution in [0.15, 0.2) is 24.5 Å². The lowest BCUT2D eigenvalue weighted by atomic mass is 9.97. The number of hydrogen-bond acceptors (Lipinski definition) is 4. The van der Waals surface area contributed by atoms with E-state index in [0.717, 1.165) is 26.1 Å². The van der Waals surface area contributed by atoms with Crippen LogP contribution in [0.3, 0.4) is 0 Å². The number of nitrogens with one attached hydrogen (secondary N) is 1. The van der Waals surface area contributed by atoms with Gasteiger partial charge in [-0.3, -0.25) is 9.88 Å². The van der Waals surface area contributed by atoms with E-state index < -0.39 is 0 Å². The van der Waals surface area contributed by atoms with Crippen molar-refractivity contribution in [2.24, 2.45) is 0 Å². The van der Waals surface area contributed by atoms with Crippen molar-refractivity contribution in [1.29, 1.82) is 5.26 Å². The Hall–Kier alpha value is -1.44. The van der Waals surface area contributed by atoms with Crippen LogP contribution in [-0.4, -0.2) is 34.6 Å². The van der Waals surface area contributed by atoms with E-state index in [9.17, 15) is 0 Å². The highest BCUT2D eigenvalue weighted by molar-refractivity contribution is 5.09. The smallest absolute Gasteiger partial charge is 0.0638 e. The largest absolute Gasteiger partial charge is 0.312 e. The minimum absolute atomic E-state index is 0.146. The maximum Gasteiger partial charge on any atom is 0.0638 e. The minimum atomic E-state index is 0.146. The highest BCUT2D eigenvalue weighted by Crippen LogP contribution is 2.24. The monoisotopic (exact) mass is 258 g/mol. The van der Waals surface area contributed by atoms with E-state index in [1.807, 2.05) is 12.3 Å². The van der Waals surface area contributed by atoms with Gasteiger partial charge in [-0.25, -0.2) is 0 Å². The summed E-state index contributed by atoms with van der Waals surface area (Å²) in [4.78, 5) is 6.65. The zero-order valence-electron chi connectivity index (χ0n) is 11.8. The third kappa shape index (κ3) is 3.76. The van der Waals surface area contributed by atoms with E-state index in [-0.39, 0.29) is 11.6 Å². The summed E-state index contributed by atoms with van der Waals surface area (Å²) in [5.74, 6) is 0. The Balaban J connectivity index is 2.11. The maximum atomic E-state index is 8.90. The topological polar surface area (TPSA) is 52.0 Å². The molecule has 1 unspecified atom stereocenters. The predicted molar refractivity (Wildman–Crippen MR) is 75.4 cm³/mol. The second-order valence-corrected chi connectivity index (χ2v) is 5.82. The van der Waals surface area contributed by atoms with E-state index in [2.05, 4.69) is 41.2 Å². The molecule has 1 atom stereocenters. The molecule has 4 heteroatoms. The first kappa shape index (κ1) is 14.0. The van der Waals surface area contributed by atoms with Crippen molar-refractivity contribution in [1.82, 2.24) is 15.2 Å². The van der Waals surface area contributed by atoms with Gasteiger partial charge in [0.2, 0.25) is 0 Å². The van der Waals surface area contributed by atoms with Gasteiger partial charge in [0.1, 0.15) is 0 Å². The molecular weight excluding hydrogens is 236 g/mol. The van der Waals surface area contributed by atoms with Crippen molar-refractivity contribution < 1.29 is 0 Å². The summed E-state index contributed by atoms with van der Waals surface area (Å²) in [6.07, 6.45) is 5.39. The van der Waals surface area contributed by atoms with E-state index in [0.29, 0.717) is 6.42 Å². The van der Waals surface area contributed by atoms with Crippen LogP contribution in [0.5, 0.6) is 0 Å². The van der Waals surface area contributed by atoms with E-state index in [1.54, 1.807) is 6.20 Å². The van der Waals surface area contributed by atoms with Gasteiger partial charge in [-0.2, -0.15) is 5.26 Å². The lowest BCUT2D eigenvalue weighted by Gasteiger charge is -2.37. The summed E-state index contributed by atoms with van der Waals surface area (Å²) in [5.41, 5.74) is 1.38. The highest BCUT2D eigenvalue weighted by Gasteiger charge is 2.31. The molecule has 102 valence electrons. The SMILES string of the molecule is CC1(C)CCNC(CC#N)CN1Cc1cccnc1. The van der Waals surface area contributed by atoms with Crippen LogP contribution in [-0.2, 0) is 6.54 Å². The zero-order valence-corrected chi connectivity index (χ0v) is 11.8. The van der Waals surface area contributed by atoms with E-state index in [4.69, 9.17) is 5.26 Å². The fourth-order valence-corrected chi connectivity index (χ4v) is 2.56. The Labute approximate surface area is 115 Å². The van der Waals surface area contributed by atoms with Crippen molar-refractivity contribution >= 4 is 0 Å². The standard InChI is InChI=1S/C15H22N4/c1-15(2)6-9-18-14(5-7-16)12-19(15)11-13-4-3-8-17-10-13/h3-4,8,10,14,18H,5-6,9,11-12H2,1-2H3. The first-order valence-corrected chi connectivity index (χ1v) is 6.86. The van der Waals surface area contributed by atoms with Crippen LogP contribution in [0.4, 0.5) is 0 Å². The second-order valence-electron chi connectivity index (χ2n) is 5.82. The summed E-state index contributed by atoms with van der Waals surface area (Å²) < 4.78 is 0. The molecule has 4 nitrogen and oxygen atoms in total. The fraction of sp³-hybridized carbons (Fsp3) is 0.600. The molecule has 2 heterocycles. The van der Waals surface area contributed by atoms with Gasteiger partial charge in [-0.05, 0) is 38.4 Å². The summed E-state index contributed by atoms with van der Waals surface area (Å²) in [6.45, 7) is 7.34. The van der Waals surface area contributed by atoms with Crippen LogP contribution in [0.1, 0.15) is 32.3 Å². The molecule has 0 radical (unpaired) electrons. The third-order valence-corrected chi connectivity index (χ3v) is 3.90. The lowest BCUT2D eigenvalue weighted by Crippen LogP contribution is -2.45. The van der Waals surface area contributed by atoms with E-state index in [1.165, 1.54) is 5.56 Å². The number of pyridine rings is 1. The molecule has 2 rings (SSSR count). The molecule has 0 amide bonds. The Morgan fingerprint density at radius 2 is 2.42 bits per heavy atom. The Kier molecular flexibility index (Phi) is 4.52. The van der Waals surface area contributed by atoms with Crippen molar-refractivity contribution in [3.63, 3.8) is 0 Å². The third-order valence-electron chi connectivity index (χ3n) is 3.90. The molecule has 1 N–H and O–H groups in total. The van der Waals surface area contributed by atoms with Crippen LogP contribution in [0.2, 0.25) is 0 Å². The van der Waals surface area contributed by atoms with Gasteiger partial charge in [0.25, 0.3) is 0 Å². The van der Waals surface area contributed by atoms with Gasteiger partial charge in [-0.1, -0.05) is 6.07 Å². The van der Waals surface area contributed by atoms with Gasteiger partial charge < -0.3 is 5.32 Å². The molecule has 0 saturated carbocycles. The number of hydrogen-bond donors (Lipinski definition) is 1. The van der Waals surface area contributed by atoms with Crippen LogP contribution >= 0.6 is 0 Å². The molecule has 0 aliphatic carbocycles. The molecular formula is C15H22N4. The number of nitrogens with zero attached hydrogens (tertiary/aromatic N) is 3. The average Bonchev–Trinajstić information content (AvgIpc) is 2.51. The molecule has 0 spiro atoms. The first-order chi connectivity index (χ1) is 9.12. The Morgan fingerprint density at radius 1 is 1.58 bits per heavy atom. The van der Waals surface area contributed by atoms with Gasteiger partial charge in [-0.15, -0.1) is 0 Å². The number of aromatic nitrogens is 1. The summed E-state index contributed by atoms with van der Waals surface area (Å²) >= 11 is 0. The van der Waals surface area contributed by atoms with Gasteiger partial charge >= 0.3 is 0 Å². The predicted octanol–water partition coefficient (Wildman–Crippen LogP) is 1.94. The Morgan fingerprint density at radius 3 is 3.11 bits per heavy atom. The zero-order chi connectivity index (χ0) is 13.7. The summed E-state index contributed by atoms with van der Waals surface area (Å²) in [5, 5.41) is 12.4. The van der Waals surface area contributed by atoms with Gasteiger partial charge in [0.15, 0.2) is 0 Å². The van der Waals surface area contributed by atoms with Gasteiger partial charge in [0, 0.05) is 37.1 Å². The minimum Gasteiger partial charge on any atom is -0.312 e.